The van der Waals surface area contributed by atoms with Crippen molar-refractivity contribution in [3.05, 3.63) is 60.2 Å². The Hall–Kier alpha value is -1.33. The third-order valence-electron chi connectivity index (χ3n) is 2.35. The van der Waals surface area contributed by atoms with Crippen LogP contribution in [-0.4, -0.2) is 0 Å². The molecule has 0 spiro atoms. The summed E-state index contributed by atoms with van der Waals surface area (Å²) in [5.74, 6) is 0. The van der Waals surface area contributed by atoms with E-state index in [1.165, 1.54) is 5.56 Å². The highest BCUT2D eigenvalue weighted by atomic mass is 31.1. The first-order chi connectivity index (χ1) is 7.27. The average molecular weight is 216 g/mol. The molecule has 2 aromatic rings. The van der Waals surface area contributed by atoms with Crippen molar-refractivity contribution in [2.24, 2.45) is 0 Å². The molecule has 1 unspecified atom stereocenters. The van der Waals surface area contributed by atoms with E-state index in [0.717, 1.165) is 10.6 Å². The lowest BCUT2D eigenvalue weighted by Crippen LogP contribution is -2.05. The molecule has 0 aliphatic rings. The Morgan fingerprint density at radius 3 is 1.93 bits per heavy atom. The normalized spacial score (nSPS) is 12.3. The van der Waals surface area contributed by atoms with Gasteiger partial charge in [0.25, 0.3) is 0 Å². The summed E-state index contributed by atoms with van der Waals surface area (Å²) in [7, 11) is -1.81. The van der Waals surface area contributed by atoms with Crippen molar-refractivity contribution in [3.8, 4) is 0 Å². The summed E-state index contributed by atoms with van der Waals surface area (Å²) in [5, 5.41) is 1.85. The Bertz CT molecular complexity index is 460. The van der Waals surface area contributed by atoms with Gasteiger partial charge in [-0.3, -0.25) is 0 Å². The summed E-state index contributed by atoms with van der Waals surface area (Å²) in [5.41, 5.74) is 1.20. The molecule has 76 valence electrons. The zero-order valence-electron chi connectivity index (χ0n) is 8.60. The quantitative estimate of drug-likeness (QED) is 0.705. The van der Waals surface area contributed by atoms with Crippen LogP contribution in [0.2, 0.25) is 0 Å². The van der Waals surface area contributed by atoms with Crippen LogP contribution in [-0.2, 0) is 4.57 Å². The molecule has 0 aromatic heterocycles. The van der Waals surface area contributed by atoms with Crippen molar-refractivity contribution >= 4 is 18.4 Å². The molecule has 15 heavy (non-hydrogen) atoms. The number of aryl methyl sites for hydroxylation is 1. The van der Waals surface area contributed by atoms with Crippen molar-refractivity contribution in [3.63, 3.8) is 0 Å². The molecule has 0 fully saturated rings. The Labute approximate surface area is 90.6 Å². The van der Waals surface area contributed by atoms with Gasteiger partial charge in [-0.1, -0.05) is 60.2 Å². The van der Waals surface area contributed by atoms with Crippen LogP contribution >= 0.6 is 7.80 Å². The SMILES string of the molecule is Cc1ccc([PH](=O)c2ccccc2)cc1. The van der Waals surface area contributed by atoms with Gasteiger partial charge in [-0.05, 0) is 6.92 Å². The van der Waals surface area contributed by atoms with Gasteiger partial charge < -0.3 is 4.57 Å². The van der Waals surface area contributed by atoms with Crippen molar-refractivity contribution < 1.29 is 4.57 Å². The zero-order valence-corrected chi connectivity index (χ0v) is 9.60. The molecule has 0 heterocycles. The molecule has 0 aliphatic heterocycles. The molecule has 2 heteroatoms. The standard InChI is InChI=1S/C13H13OP/c1-11-7-9-13(10-8-11)15(14)12-5-3-2-4-6-12/h2-10,15H,1H3. The molecule has 0 saturated carbocycles. The minimum Gasteiger partial charge on any atom is -0.317 e. The van der Waals surface area contributed by atoms with Gasteiger partial charge >= 0.3 is 0 Å². The van der Waals surface area contributed by atoms with E-state index < -0.39 is 7.80 Å². The lowest BCUT2D eigenvalue weighted by atomic mass is 10.2. The summed E-state index contributed by atoms with van der Waals surface area (Å²) in [6.07, 6.45) is 0. The van der Waals surface area contributed by atoms with Crippen LogP contribution in [0.5, 0.6) is 0 Å². The predicted molar refractivity (Wildman–Crippen MR) is 65.9 cm³/mol. The fourth-order valence-electron chi connectivity index (χ4n) is 1.46. The van der Waals surface area contributed by atoms with Crippen LogP contribution in [0.3, 0.4) is 0 Å². The van der Waals surface area contributed by atoms with E-state index in [2.05, 4.69) is 0 Å². The van der Waals surface area contributed by atoms with E-state index in [4.69, 9.17) is 0 Å². The molecule has 0 N–H and O–H groups in total. The Kier molecular flexibility index (Phi) is 3.03. The van der Waals surface area contributed by atoms with Gasteiger partial charge in [0.05, 0.1) is 0 Å². The van der Waals surface area contributed by atoms with Crippen molar-refractivity contribution in [2.45, 2.75) is 6.92 Å². The van der Waals surface area contributed by atoms with Gasteiger partial charge in [0.2, 0.25) is 0 Å². The van der Waals surface area contributed by atoms with Crippen LogP contribution in [0.25, 0.3) is 0 Å². The summed E-state index contributed by atoms with van der Waals surface area (Å²) in [6, 6.07) is 17.5. The first-order valence-corrected chi connectivity index (χ1v) is 6.34. The molecule has 2 rings (SSSR count). The summed E-state index contributed by atoms with van der Waals surface area (Å²) in [4.78, 5) is 0. The smallest absolute Gasteiger partial charge is 0.131 e. The van der Waals surface area contributed by atoms with Gasteiger partial charge in [0, 0.05) is 10.6 Å². The number of rotatable bonds is 2. The molecule has 0 aliphatic carbocycles. The minimum atomic E-state index is -1.81. The molecule has 1 atom stereocenters. The topological polar surface area (TPSA) is 17.1 Å². The van der Waals surface area contributed by atoms with Crippen LogP contribution in [0.15, 0.2) is 54.6 Å². The maximum absolute atomic E-state index is 12.1. The summed E-state index contributed by atoms with van der Waals surface area (Å²) >= 11 is 0. The predicted octanol–water partition coefficient (Wildman–Crippen LogP) is 2.51. The second-order valence-corrected chi connectivity index (χ2v) is 5.37. The van der Waals surface area contributed by atoms with Gasteiger partial charge in [-0.25, -0.2) is 0 Å². The zero-order chi connectivity index (χ0) is 10.7. The second kappa shape index (κ2) is 4.46. The second-order valence-electron chi connectivity index (χ2n) is 3.56. The van der Waals surface area contributed by atoms with Gasteiger partial charge in [-0.2, -0.15) is 0 Å². The highest BCUT2D eigenvalue weighted by Crippen LogP contribution is 2.18. The van der Waals surface area contributed by atoms with Crippen LogP contribution in [0, 0.1) is 6.92 Å². The molecule has 1 nitrogen and oxygen atoms in total. The molecule has 0 amide bonds. The van der Waals surface area contributed by atoms with Gasteiger partial charge in [0.1, 0.15) is 7.80 Å². The van der Waals surface area contributed by atoms with Crippen LogP contribution < -0.4 is 10.6 Å². The van der Waals surface area contributed by atoms with E-state index >= 15 is 0 Å². The van der Waals surface area contributed by atoms with E-state index in [-0.39, 0.29) is 0 Å². The van der Waals surface area contributed by atoms with E-state index in [1.807, 2.05) is 61.5 Å². The first-order valence-electron chi connectivity index (χ1n) is 4.94. The Morgan fingerprint density at radius 1 is 0.800 bits per heavy atom. The maximum Gasteiger partial charge on any atom is 0.131 e. The lowest BCUT2D eigenvalue weighted by Gasteiger charge is -2.02. The van der Waals surface area contributed by atoms with Gasteiger partial charge in [-0.15, -0.1) is 0 Å². The molecule has 0 saturated heterocycles. The largest absolute Gasteiger partial charge is 0.317 e. The molecule has 0 radical (unpaired) electrons. The van der Waals surface area contributed by atoms with Crippen LogP contribution in [0.4, 0.5) is 0 Å². The Morgan fingerprint density at radius 2 is 1.33 bits per heavy atom. The van der Waals surface area contributed by atoms with Crippen molar-refractivity contribution in [1.29, 1.82) is 0 Å². The Balaban J connectivity index is 2.33. The highest BCUT2D eigenvalue weighted by molar-refractivity contribution is 7.61. The maximum atomic E-state index is 12.1. The third kappa shape index (κ3) is 2.37. The molecule has 0 bridgehead atoms. The minimum absolute atomic E-state index is 0.923. The van der Waals surface area contributed by atoms with E-state index in [1.54, 1.807) is 0 Å². The fraction of sp³-hybridized carbons (Fsp3) is 0.0769. The van der Waals surface area contributed by atoms with Crippen molar-refractivity contribution in [1.82, 2.24) is 0 Å². The monoisotopic (exact) mass is 216 g/mol. The number of benzene rings is 2. The van der Waals surface area contributed by atoms with Gasteiger partial charge in [0.15, 0.2) is 0 Å². The van der Waals surface area contributed by atoms with E-state index in [9.17, 15) is 4.57 Å². The molecular weight excluding hydrogens is 203 g/mol. The molecular formula is C13H13OP. The number of hydrogen-bond donors (Lipinski definition) is 0. The lowest BCUT2D eigenvalue weighted by molar-refractivity contribution is 0.598. The third-order valence-corrected chi connectivity index (χ3v) is 4.07. The first kappa shape index (κ1) is 10.2. The number of hydrogen-bond acceptors (Lipinski definition) is 1. The average Bonchev–Trinajstić information content (AvgIpc) is 2.30. The summed E-state index contributed by atoms with van der Waals surface area (Å²) in [6.45, 7) is 2.03. The fourth-order valence-corrected chi connectivity index (χ4v) is 2.76. The van der Waals surface area contributed by atoms with E-state index in [0.29, 0.717) is 0 Å². The van der Waals surface area contributed by atoms with Crippen LogP contribution in [0.1, 0.15) is 5.56 Å². The highest BCUT2D eigenvalue weighted by Gasteiger charge is 2.04. The van der Waals surface area contributed by atoms with Crippen molar-refractivity contribution in [2.75, 3.05) is 0 Å². The summed E-state index contributed by atoms with van der Waals surface area (Å²) < 4.78 is 12.1. The molecule has 2 aromatic carbocycles.